The zero-order valence-corrected chi connectivity index (χ0v) is 12.7. The topological polar surface area (TPSA) is 49.8 Å². The molecule has 1 fully saturated rings. The average Bonchev–Trinajstić information content (AvgIpc) is 2.85. The zero-order valence-electron chi connectivity index (χ0n) is 12.7. The van der Waals surface area contributed by atoms with Crippen LogP contribution in [-0.2, 0) is 4.74 Å². The number of carbonyl (C=O) groups excluding carboxylic acids is 1. The summed E-state index contributed by atoms with van der Waals surface area (Å²) >= 11 is 0. The molecule has 0 saturated carbocycles. The van der Waals surface area contributed by atoms with Crippen molar-refractivity contribution in [3.63, 3.8) is 0 Å². The van der Waals surface area contributed by atoms with Gasteiger partial charge in [-0.05, 0) is 51.3 Å². The number of halogens is 1. The molecule has 1 saturated heterocycles. The Labute approximate surface area is 124 Å². The Bertz CT molecular complexity index is 512. The maximum absolute atomic E-state index is 13.3. The first-order valence-corrected chi connectivity index (χ1v) is 7.21. The van der Waals surface area contributed by atoms with Crippen LogP contribution in [0.15, 0.2) is 24.3 Å². The molecule has 5 heteroatoms. The van der Waals surface area contributed by atoms with Gasteiger partial charge in [0, 0.05) is 6.54 Å². The second kappa shape index (κ2) is 6.02. The summed E-state index contributed by atoms with van der Waals surface area (Å²) in [6, 6.07) is 5.48. The summed E-state index contributed by atoms with van der Waals surface area (Å²) in [5.41, 5.74) is -0.0935. The summed E-state index contributed by atoms with van der Waals surface area (Å²) < 4.78 is 18.6. The molecule has 0 bridgehead atoms. The largest absolute Gasteiger partial charge is 0.444 e. The third kappa shape index (κ3) is 3.94. The lowest BCUT2D eigenvalue weighted by Crippen LogP contribution is -2.42. The van der Waals surface area contributed by atoms with Crippen molar-refractivity contribution in [1.29, 1.82) is 0 Å². The number of rotatable bonds is 2. The lowest BCUT2D eigenvalue weighted by molar-refractivity contribution is 0.00487. The normalized spacial score (nSPS) is 20.4. The third-order valence-corrected chi connectivity index (χ3v) is 3.48. The summed E-state index contributed by atoms with van der Waals surface area (Å²) in [5.74, 6) is -0.395. The van der Waals surface area contributed by atoms with Gasteiger partial charge < -0.3 is 14.7 Å². The van der Waals surface area contributed by atoms with Crippen LogP contribution in [-0.4, -0.2) is 34.3 Å². The van der Waals surface area contributed by atoms with Crippen molar-refractivity contribution in [2.24, 2.45) is 0 Å². The van der Waals surface area contributed by atoms with Crippen molar-refractivity contribution >= 4 is 6.09 Å². The fraction of sp³-hybridized carbons (Fsp3) is 0.562. The second-order valence-electron chi connectivity index (χ2n) is 6.38. The van der Waals surface area contributed by atoms with Crippen LogP contribution in [0.3, 0.4) is 0 Å². The van der Waals surface area contributed by atoms with Crippen molar-refractivity contribution in [2.75, 3.05) is 6.54 Å². The smallest absolute Gasteiger partial charge is 0.410 e. The van der Waals surface area contributed by atoms with Crippen LogP contribution >= 0.6 is 0 Å². The predicted molar refractivity (Wildman–Crippen MR) is 77.3 cm³/mol. The Balaban J connectivity index is 2.13. The van der Waals surface area contributed by atoms with E-state index in [1.807, 2.05) is 0 Å². The minimum absolute atomic E-state index is 0.373. The number of likely N-dealkylation sites (tertiary alicyclic amines) is 1. The number of hydrogen-bond donors (Lipinski definition) is 1. The van der Waals surface area contributed by atoms with Crippen molar-refractivity contribution in [2.45, 2.75) is 51.4 Å². The number of aliphatic hydroxyl groups is 1. The summed E-state index contributed by atoms with van der Waals surface area (Å²) in [5, 5.41) is 10.4. The van der Waals surface area contributed by atoms with Gasteiger partial charge >= 0.3 is 6.09 Å². The standard InChI is InChI=1S/C16H22FNO3/c1-16(2,3)21-15(20)18-9-5-8-13(18)14(19)11-6-4-7-12(17)10-11/h4,6-7,10,13-14,19H,5,8-9H2,1-3H3/t13?,14-/m1/s1. The molecule has 1 heterocycles. The maximum Gasteiger partial charge on any atom is 0.410 e. The molecular weight excluding hydrogens is 273 g/mol. The van der Waals surface area contributed by atoms with E-state index < -0.39 is 23.6 Å². The molecule has 4 nitrogen and oxygen atoms in total. The molecule has 0 aliphatic carbocycles. The summed E-state index contributed by atoms with van der Waals surface area (Å²) in [4.78, 5) is 13.7. The van der Waals surface area contributed by atoms with Gasteiger partial charge in [0.25, 0.3) is 0 Å². The lowest BCUT2D eigenvalue weighted by Gasteiger charge is -2.31. The first kappa shape index (κ1) is 15.8. The van der Waals surface area contributed by atoms with Crippen LogP contribution in [0.1, 0.15) is 45.3 Å². The molecule has 1 aliphatic heterocycles. The van der Waals surface area contributed by atoms with E-state index in [1.54, 1.807) is 37.8 Å². The highest BCUT2D eigenvalue weighted by molar-refractivity contribution is 5.69. The molecule has 1 aromatic carbocycles. The van der Waals surface area contributed by atoms with Crippen LogP contribution in [0.25, 0.3) is 0 Å². The highest BCUT2D eigenvalue weighted by atomic mass is 19.1. The van der Waals surface area contributed by atoms with E-state index in [0.717, 1.165) is 6.42 Å². The summed E-state index contributed by atoms with van der Waals surface area (Å²) in [7, 11) is 0. The van der Waals surface area contributed by atoms with Crippen molar-refractivity contribution in [3.8, 4) is 0 Å². The number of nitrogens with zero attached hydrogens (tertiary/aromatic N) is 1. The highest BCUT2D eigenvalue weighted by Gasteiger charge is 2.37. The SMILES string of the molecule is CC(C)(C)OC(=O)N1CCCC1[C@H](O)c1cccc(F)c1. The molecule has 2 rings (SSSR count). The van der Waals surface area contributed by atoms with Crippen LogP contribution in [0, 0.1) is 5.82 Å². The number of carbonyl (C=O) groups is 1. The number of ether oxygens (including phenoxy) is 1. The first-order valence-electron chi connectivity index (χ1n) is 7.21. The lowest BCUT2D eigenvalue weighted by atomic mass is 10.0. The number of hydrogen-bond acceptors (Lipinski definition) is 3. The fourth-order valence-electron chi connectivity index (χ4n) is 2.58. The van der Waals surface area contributed by atoms with Gasteiger partial charge in [0.05, 0.1) is 12.1 Å². The van der Waals surface area contributed by atoms with Crippen LogP contribution in [0.2, 0.25) is 0 Å². The number of aliphatic hydroxyl groups excluding tert-OH is 1. The average molecular weight is 295 g/mol. The zero-order chi connectivity index (χ0) is 15.6. The van der Waals surface area contributed by atoms with Gasteiger partial charge in [-0.2, -0.15) is 0 Å². The molecule has 1 aromatic rings. The first-order chi connectivity index (χ1) is 9.78. The van der Waals surface area contributed by atoms with Gasteiger partial charge in [-0.1, -0.05) is 12.1 Å². The summed E-state index contributed by atoms with van der Waals surface area (Å²) in [6.07, 6.45) is 0.142. The Morgan fingerprint density at radius 3 is 2.81 bits per heavy atom. The summed E-state index contributed by atoms with van der Waals surface area (Å²) in [6.45, 7) is 5.96. The van der Waals surface area contributed by atoms with E-state index in [0.29, 0.717) is 18.5 Å². The van der Waals surface area contributed by atoms with E-state index in [1.165, 1.54) is 12.1 Å². The van der Waals surface area contributed by atoms with Gasteiger partial charge in [0.2, 0.25) is 0 Å². The Morgan fingerprint density at radius 2 is 2.19 bits per heavy atom. The van der Waals surface area contributed by atoms with Gasteiger partial charge in [0.1, 0.15) is 11.4 Å². The van der Waals surface area contributed by atoms with E-state index in [9.17, 15) is 14.3 Å². The molecule has 0 spiro atoms. The quantitative estimate of drug-likeness (QED) is 0.911. The van der Waals surface area contributed by atoms with Crippen molar-refractivity contribution in [1.82, 2.24) is 4.90 Å². The Hall–Kier alpha value is -1.62. The Morgan fingerprint density at radius 1 is 1.48 bits per heavy atom. The van der Waals surface area contributed by atoms with E-state index in [4.69, 9.17) is 4.74 Å². The van der Waals surface area contributed by atoms with Crippen molar-refractivity contribution < 1.29 is 19.0 Å². The van der Waals surface area contributed by atoms with Crippen molar-refractivity contribution in [3.05, 3.63) is 35.6 Å². The molecule has 21 heavy (non-hydrogen) atoms. The van der Waals surface area contributed by atoms with Gasteiger partial charge in [-0.25, -0.2) is 9.18 Å². The second-order valence-corrected chi connectivity index (χ2v) is 6.38. The van der Waals surface area contributed by atoms with Crippen LogP contribution in [0.4, 0.5) is 9.18 Å². The minimum atomic E-state index is -0.907. The van der Waals surface area contributed by atoms with E-state index in [-0.39, 0.29) is 6.04 Å². The number of amides is 1. The monoisotopic (exact) mass is 295 g/mol. The molecule has 1 N–H and O–H groups in total. The molecule has 0 aromatic heterocycles. The van der Waals surface area contributed by atoms with Gasteiger partial charge in [0.15, 0.2) is 0 Å². The van der Waals surface area contributed by atoms with E-state index >= 15 is 0 Å². The molecule has 1 amide bonds. The fourth-order valence-corrected chi connectivity index (χ4v) is 2.58. The van der Waals surface area contributed by atoms with Crippen LogP contribution < -0.4 is 0 Å². The molecule has 116 valence electrons. The van der Waals surface area contributed by atoms with Crippen LogP contribution in [0.5, 0.6) is 0 Å². The molecule has 1 unspecified atom stereocenters. The third-order valence-electron chi connectivity index (χ3n) is 3.48. The highest BCUT2D eigenvalue weighted by Crippen LogP contribution is 2.30. The minimum Gasteiger partial charge on any atom is -0.444 e. The van der Waals surface area contributed by atoms with Gasteiger partial charge in [-0.15, -0.1) is 0 Å². The molecule has 1 aliphatic rings. The van der Waals surface area contributed by atoms with Gasteiger partial charge in [-0.3, -0.25) is 0 Å². The Kier molecular flexibility index (Phi) is 4.52. The molecule has 2 atom stereocenters. The number of benzene rings is 1. The van der Waals surface area contributed by atoms with E-state index in [2.05, 4.69) is 0 Å². The molecule has 0 radical (unpaired) electrons. The molecular formula is C16H22FNO3. The predicted octanol–water partition coefficient (Wildman–Crippen LogP) is 3.26. The maximum atomic E-state index is 13.3.